The van der Waals surface area contributed by atoms with Gasteiger partial charge in [0, 0.05) is 12.2 Å². The van der Waals surface area contributed by atoms with E-state index in [0.29, 0.717) is 6.54 Å². The molecular weight excluding hydrogens is 326 g/mol. The number of hydrogen-bond donors (Lipinski definition) is 2. The van der Waals surface area contributed by atoms with Crippen molar-refractivity contribution in [3.8, 4) is 5.75 Å². The number of nitrogens with zero attached hydrogens (tertiary/aromatic N) is 1. The zero-order valence-corrected chi connectivity index (χ0v) is 15.5. The summed E-state index contributed by atoms with van der Waals surface area (Å²) in [7, 11) is 1.68. The van der Waals surface area contributed by atoms with Crippen LogP contribution in [0.3, 0.4) is 0 Å². The van der Waals surface area contributed by atoms with Crippen molar-refractivity contribution in [2.24, 2.45) is 0 Å². The first kappa shape index (κ1) is 18.3. The Morgan fingerprint density at radius 3 is 2.65 bits per heavy atom. The van der Waals surface area contributed by atoms with Crippen LogP contribution in [0.1, 0.15) is 30.0 Å². The van der Waals surface area contributed by atoms with Crippen molar-refractivity contribution in [3.63, 3.8) is 0 Å². The molecule has 2 aromatic rings. The first-order valence-corrected chi connectivity index (χ1v) is 9.15. The molecule has 1 atom stereocenters. The van der Waals surface area contributed by atoms with Crippen LogP contribution >= 0.6 is 0 Å². The third-order valence-corrected chi connectivity index (χ3v) is 4.79. The molecule has 1 heterocycles. The van der Waals surface area contributed by atoms with E-state index < -0.39 is 0 Å². The topological polar surface area (TPSA) is 53.6 Å². The molecule has 0 aromatic heterocycles. The van der Waals surface area contributed by atoms with Crippen molar-refractivity contribution >= 4 is 11.7 Å². The highest BCUT2D eigenvalue weighted by atomic mass is 16.5. The highest BCUT2D eigenvalue weighted by Crippen LogP contribution is 2.27. The Bertz CT molecular complexity index is 742. The largest absolute Gasteiger partial charge is 0.497 e. The smallest absolute Gasteiger partial charge is 0.319 e. The molecule has 0 saturated carbocycles. The van der Waals surface area contributed by atoms with Crippen LogP contribution in [0.2, 0.25) is 0 Å². The Labute approximate surface area is 155 Å². The van der Waals surface area contributed by atoms with Gasteiger partial charge in [0.15, 0.2) is 0 Å². The molecule has 1 saturated heterocycles. The number of methoxy groups -OCH3 is 1. The lowest BCUT2D eigenvalue weighted by Gasteiger charge is -2.28. The summed E-state index contributed by atoms with van der Waals surface area (Å²) in [5.74, 6) is 0.843. The molecule has 2 N–H and O–H groups in total. The number of aryl methyl sites for hydroxylation is 1. The molecule has 5 nitrogen and oxygen atoms in total. The Balaban J connectivity index is 1.66. The van der Waals surface area contributed by atoms with E-state index in [1.54, 1.807) is 7.11 Å². The molecule has 2 aromatic carbocycles. The van der Waals surface area contributed by atoms with Gasteiger partial charge >= 0.3 is 6.03 Å². The highest BCUT2D eigenvalue weighted by Gasteiger charge is 2.24. The van der Waals surface area contributed by atoms with E-state index in [2.05, 4.69) is 27.7 Å². The van der Waals surface area contributed by atoms with Crippen LogP contribution in [-0.2, 0) is 0 Å². The van der Waals surface area contributed by atoms with E-state index in [0.717, 1.165) is 30.1 Å². The summed E-state index contributed by atoms with van der Waals surface area (Å²) in [6.07, 6.45) is 2.41. The zero-order chi connectivity index (χ0) is 18.4. The van der Waals surface area contributed by atoms with Gasteiger partial charge in [-0.3, -0.25) is 4.90 Å². The summed E-state index contributed by atoms with van der Waals surface area (Å²) in [6.45, 7) is 4.69. The predicted molar refractivity (Wildman–Crippen MR) is 105 cm³/mol. The number of hydrogen-bond acceptors (Lipinski definition) is 3. The van der Waals surface area contributed by atoms with Gasteiger partial charge in [0.25, 0.3) is 0 Å². The van der Waals surface area contributed by atoms with Gasteiger partial charge in [0.05, 0.1) is 13.2 Å². The van der Waals surface area contributed by atoms with Crippen molar-refractivity contribution in [3.05, 3.63) is 59.7 Å². The second-order valence-corrected chi connectivity index (χ2v) is 6.74. The Kier molecular flexibility index (Phi) is 6.12. The predicted octanol–water partition coefficient (Wildman–Crippen LogP) is 3.96. The monoisotopic (exact) mass is 353 g/mol. The molecule has 0 aliphatic carbocycles. The van der Waals surface area contributed by atoms with Crippen molar-refractivity contribution in [2.45, 2.75) is 25.8 Å². The maximum absolute atomic E-state index is 12.3. The maximum atomic E-state index is 12.3. The van der Waals surface area contributed by atoms with E-state index in [-0.39, 0.29) is 12.1 Å². The molecule has 2 amide bonds. The van der Waals surface area contributed by atoms with Crippen molar-refractivity contribution in [2.75, 3.05) is 32.1 Å². The van der Waals surface area contributed by atoms with Crippen LogP contribution in [-0.4, -0.2) is 37.7 Å². The molecule has 1 unspecified atom stereocenters. The fourth-order valence-corrected chi connectivity index (χ4v) is 3.45. The quantitative estimate of drug-likeness (QED) is 0.826. The summed E-state index contributed by atoms with van der Waals surface area (Å²) in [4.78, 5) is 14.8. The molecule has 26 heavy (non-hydrogen) atoms. The molecular formula is C21H27N3O2. The van der Waals surface area contributed by atoms with Crippen molar-refractivity contribution in [1.29, 1.82) is 0 Å². The maximum Gasteiger partial charge on any atom is 0.319 e. The van der Waals surface area contributed by atoms with Gasteiger partial charge in [-0.05, 0) is 68.2 Å². The Morgan fingerprint density at radius 1 is 1.15 bits per heavy atom. The van der Waals surface area contributed by atoms with Gasteiger partial charge in [0.1, 0.15) is 5.75 Å². The summed E-state index contributed by atoms with van der Waals surface area (Å²) in [6, 6.07) is 15.9. The minimum Gasteiger partial charge on any atom is -0.497 e. The molecule has 0 radical (unpaired) electrons. The number of carbonyl (C=O) groups is 1. The SMILES string of the molecule is COc1cccc(C(CNC(=O)Nc2cccc(C)c2)N2CCCC2)c1. The van der Waals surface area contributed by atoms with E-state index >= 15 is 0 Å². The average Bonchev–Trinajstić information content (AvgIpc) is 3.16. The highest BCUT2D eigenvalue weighted by molar-refractivity contribution is 5.89. The van der Waals surface area contributed by atoms with Gasteiger partial charge in [-0.1, -0.05) is 24.3 Å². The second-order valence-electron chi connectivity index (χ2n) is 6.74. The number of urea groups is 1. The lowest BCUT2D eigenvalue weighted by Crippen LogP contribution is -2.38. The number of rotatable bonds is 6. The normalized spacial score (nSPS) is 15.5. The van der Waals surface area contributed by atoms with E-state index in [4.69, 9.17) is 4.74 Å². The van der Waals surface area contributed by atoms with E-state index in [9.17, 15) is 4.79 Å². The van der Waals surface area contributed by atoms with Gasteiger partial charge in [-0.2, -0.15) is 0 Å². The number of anilines is 1. The number of benzene rings is 2. The summed E-state index contributed by atoms with van der Waals surface area (Å²) >= 11 is 0. The first-order valence-electron chi connectivity index (χ1n) is 9.15. The van der Waals surface area contributed by atoms with Gasteiger partial charge in [-0.15, -0.1) is 0 Å². The minimum absolute atomic E-state index is 0.149. The van der Waals surface area contributed by atoms with Crippen LogP contribution in [0, 0.1) is 6.92 Å². The number of ether oxygens (including phenoxy) is 1. The average molecular weight is 353 g/mol. The molecule has 0 spiro atoms. The summed E-state index contributed by atoms with van der Waals surface area (Å²) in [5, 5.41) is 5.94. The van der Waals surface area contributed by atoms with Gasteiger partial charge < -0.3 is 15.4 Å². The zero-order valence-electron chi connectivity index (χ0n) is 15.5. The van der Waals surface area contributed by atoms with E-state index in [1.807, 2.05) is 43.3 Å². The van der Waals surface area contributed by atoms with Crippen molar-refractivity contribution in [1.82, 2.24) is 10.2 Å². The number of likely N-dealkylation sites (tertiary alicyclic amines) is 1. The van der Waals surface area contributed by atoms with Gasteiger partial charge in [-0.25, -0.2) is 4.79 Å². The molecule has 1 fully saturated rings. The van der Waals surface area contributed by atoms with E-state index in [1.165, 1.54) is 18.4 Å². The third kappa shape index (κ3) is 4.76. The fourth-order valence-electron chi connectivity index (χ4n) is 3.45. The Morgan fingerprint density at radius 2 is 1.92 bits per heavy atom. The first-order chi connectivity index (χ1) is 12.7. The van der Waals surface area contributed by atoms with Crippen LogP contribution < -0.4 is 15.4 Å². The molecule has 5 heteroatoms. The van der Waals surface area contributed by atoms with Crippen LogP contribution in [0.5, 0.6) is 5.75 Å². The number of amides is 2. The number of carbonyl (C=O) groups excluding carboxylic acids is 1. The Hall–Kier alpha value is -2.53. The van der Waals surface area contributed by atoms with Crippen LogP contribution in [0.25, 0.3) is 0 Å². The number of nitrogens with one attached hydrogen (secondary N) is 2. The van der Waals surface area contributed by atoms with Crippen LogP contribution in [0.4, 0.5) is 10.5 Å². The molecule has 3 rings (SSSR count). The molecule has 138 valence electrons. The lowest BCUT2D eigenvalue weighted by molar-refractivity contribution is 0.227. The van der Waals surface area contributed by atoms with Gasteiger partial charge in [0.2, 0.25) is 0 Å². The van der Waals surface area contributed by atoms with Crippen LogP contribution in [0.15, 0.2) is 48.5 Å². The second kappa shape index (κ2) is 8.72. The summed E-state index contributed by atoms with van der Waals surface area (Å²) < 4.78 is 5.37. The molecule has 1 aliphatic heterocycles. The van der Waals surface area contributed by atoms with Crippen molar-refractivity contribution < 1.29 is 9.53 Å². The standard InChI is InChI=1S/C21H27N3O2/c1-16-7-5-9-18(13-16)23-21(25)22-15-20(24-11-3-4-12-24)17-8-6-10-19(14-17)26-2/h5-10,13-14,20H,3-4,11-12,15H2,1-2H3,(H2,22,23,25). The fraction of sp³-hybridized carbons (Fsp3) is 0.381. The lowest BCUT2D eigenvalue weighted by atomic mass is 10.1. The third-order valence-electron chi connectivity index (χ3n) is 4.79. The minimum atomic E-state index is -0.178. The summed E-state index contributed by atoms with van der Waals surface area (Å²) in [5.41, 5.74) is 3.10. The molecule has 0 bridgehead atoms. The molecule has 1 aliphatic rings.